The second kappa shape index (κ2) is 6.02. The van der Waals surface area contributed by atoms with E-state index in [1.807, 2.05) is 67.7 Å². The van der Waals surface area contributed by atoms with E-state index in [1.165, 1.54) is 11.8 Å². The summed E-state index contributed by atoms with van der Waals surface area (Å²) in [6.07, 6.45) is 3.81. The van der Waals surface area contributed by atoms with Gasteiger partial charge in [-0.05, 0) is 42.5 Å². The van der Waals surface area contributed by atoms with Gasteiger partial charge in [0.2, 0.25) is 0 Å². The zero-order chi connectivity index (χ0) is 16.5. The van der Waals surface area contributed by atoms with Gasteiger partial charge in [-0.1, -0.05) is 36.4 Å². The van der Waals surface area contributed by atoms with Gasteiger partial charge in [-0.3, -0.25) is 4.79 Å². The van der Waals surface area contributed by atoms with Crippen molar-refractivity contribution in [1.82, 2.24) is 4.98 Å². The minimum absolute atomic E-state index is 0.207. The molecule has 0 saturated carbocycles. The molecule has 5 heteroatoms. The number of nitrogens with zero attached hydrogens (tertiary/aromatic N) is 1. The molecule has 2 heterocycles. The SMILES string of the molecule is Cc1ccccc1NC1=NC(=O)/C(=C/c2c[nH]c3ccccc23)S1. The van der Waals surface area contributed by atoms with Crippen molar-refractivity contribution in [1.29, 1.82) is 0 Å². The van der Waals surface area contributed by atoms with Crippen molar-refractivity contribution >= 4 is 45.5 Å². The second-order valence-corrected chi connectivity index (χ2v) is 6.59. The summed E-state index contributed by atoms with van der Waals surface area (Å²) < 4.78 is 0. The largest absolute Gasteiger partial charge is 0.361 e. The van der Waals surface area contributed by atoms with Crippen LogP contribution in [0.5, 0.6) is 0 Å². The van der Waals surface area contributed by atoms with Crippen LogP contribution in [0.15, 0.2) is 64.6 Å². The van der Waals surface area contributed by atoms with E-state index in [4.69, 9.17) is 0 Å². The van der Waals surface area contributed by atoms with Crippen molar-refractivity contribution in [3.63, 3.8) is 0 Å². The first kappa shape index (κ1) is 14.8. The number of rotatable bonds is 2. The van der Waals surface area contributed by atoms with Crippen molar-refractivity contribution in [3.8, 4) is 0 Å². The fraction of sp³-hybridized carbons (Fsp3) is 0.0526. The van der Waals surface area contributed by atoms with E-state index in [-0.39, 0.29) is 5.91 Å². The number of amidine groups is 1. The maximum atomic E-state index is 12.2. The molecule has 0 fully saturated rings. The smallest absolute Gasteiger partial charge is 0.286 e. The molecule has 4 rings (SSSR count). The number of hydrogen-bond donors (Lipinski definition) is 2. The van der Waals surface area contributed by atoms with Crippen LogP contribution in [-0.4, -0.2) is 16.1 Å². The number of carbonyl (C=O) groups excluding carboxylic acids is 1. The van der Waals surface area contributed by atoms with E-state index in [1.54, 1.807) is 0 Å². The fourth-order valence-electron chi connectivity index (χ4n) is 2.65. The number of benzene rings is 2. The van der Waals surface area contributed by atoms with E-state index < -0.39 is 0 Å². The summed E-state index contributed by atoms with van der Waals surface area (Å²) >= 11 is 1.37. The number of H-pyrrole nitrogens is 1. The summed E-state index contributed by atoms with van der Waals surface area (Å²) in [5.41, 5.74) is 4.12. The number of hydrogen-bond acceptors (Lipinski definition) is 3. The highest BCUT2D eigenvalue weighted by Crippen LogP contribution is 2.31. The number of fused-ring (bicyclic) bond motifs is 1. The number of aryl methyl sites for hydroxylation is 1. The second-order valence-electron chi connectivity index (χ2n) is 5.56. The Morgan fingerprint density at radius 2 is 1.92 bits per heavy atom. The molecule has 0 bridgehead atoms. The lowest BCUT2D eigenvalue weighted by Crippen LogP contribution is -2.05. The molecule has 0 aliphatic carbocycles. The number of anilines is 1. The quantitative estimate of drug-likeness (QED) is 0.676. The first-order valence-electron chi connectivity index (χ1n) is 7.62. The number of amides is 1. The predicted molar refractivity (Wildman–Crippen MR) is 101 cm³/mol. The molecule has 1 aromatic heterocycles. The summed E-state index contributed by atoms with van der Waals surface area (Å²) in [4.78, 5) is 20.2. The van der Waals surface area contributed by atoms with E-state index in [0.717, 1.165) is 27.7 Å². The number of nitrogens with one attached hydrogen (secondary N) is 2. The Morgan fingerprint density at radius 1 is 1.12 bits per heavy atom. The third-order valence-electron chi connectivity index (χ3n) is 3.92. The molecular weight excluding hydrogens is 318 g/mol. The average molecular weight is 333 g/mol. The van der Waals surface area contributed by atoms with Crippen LogP contribution in [-0.2, 0) is 4.79 Å². The predicted octanol–water partition coefficient (Wildman–Crippen LogP) is 4.56. The summed E-state index contributed by atoms with van der Waals surface area (Å²) in [5.74, 6) is -0.207. The molecule has 3 aromatic rings. The molecule has 4 nitrogen and oxygen atoms in total. The Labute approximate surface area is 143 Å². The first-order chi connectivity index (χ1) is 11.7. The van der Waals surface area contributed by atoms with Gasteiger partial charge in [-0.25, -0.2) is 0 Å². The van der Waals surface area contributed by atoms with Gasteiger partial charge >= 0.3 is 0 Å². The molecule has 1 aliphatic heterocycles. The molecule has 24 heavy (non-hydrogen) atoms. The van der Waals surface area contributed by atoms with Gasteiger partial charge < -0.3 is 10.3 Å². The topological polar surface area (TPSA) is 57.2 Å². The average Bonchev–Trinajstić information content (AvgIpc) is 3.14. The molecule has 118 valence electrons. The van der Waals surface area contributed by atoms with Crippen molar-refractivity contribution in [2.45, 2.75) is 6.92 Å². The van der Waals surface area contributed by atoms with Crippen molar-refractivity contribution in [3.05, 3.63) is 70.8 Å². The Morgan fingerprint density at radius 3 is 2.79 bits per heavy atom. The Hall–Kier alpha value is -2.79. The Kier molecular flexibility index (Phi) is 3.70. The number of aliphatic imine (C=N–C) groups is 1. The Bertz CT molecular complexity index is 1000. The summed E-state index contributed by atoms with van der Waals surface area (Å²) in [5, 5.41) is 4.94. The van der Waals surface area contributed by atoms with Gasteiger partial charge in [0.05, 0.1) is 4.91 Å². The van der Waals surface area contributed by atoms with Gasteiger partial charge in [-0.15, -0.1) is 0 Å². The van der Waals surface area contributed by atoms with Crippen molar-refractivity contribution < 1.29 is 4.79 Å². The third-order valence-corrected chi connectivity index (χ3v) is 4.81. The summed E-state index contributed by atoms with van der Waals surface area (Å²) in [6, 6.07) is 16.0. The molecule has 0 spiro atoms. The van der Waals surface area contributed by atoms with E-state index in [2.05, 4.69) is 15.3 Å². The van der Waals surface area contributed by atoms with Crippen molar-refractivity contribution in [2.24, 2.45) is 4.99 Å². The lowest BCUT2D eigenvalue weighted by atomic mass is 10.1. The van der Waals surface area contributed by atoms with Gasteiger partial charge in [0.15, 0.2) is 5.17 Å². The van der Waals surface area contributed by atoms with Crippen LogP contribution >= 0.6 is 11.8 Å². The normalized spacial score (nSPS) is 16.0. The minimum atomic E-state index is -0.207. The van der Waals surface area contributed by atoms with Crippen LogP contribution in [0.25, 0.3) is 17.0 Å². The highest BCUT2D eigenvalue weighted by Gasteiger charge is 2.22. The highest BCUT2D eigenvalue weighted by molar-refractivity contribution is 8.18. The van der Waals surface area contributed by atoms with Crippen LogP contribution in [0.3, 0.4) is 0 Å². The van der Waals surface area contributed by atoms with Crippen molar-refractivity contribution in [2.75, 3.05) is 5.32 Å². The van der Waals surface area contributed by atoms with Gasteiger partial charge in [0.25, 0.3) is 5.91 Å². The lowest BCUT2D eigenvalue weighted by Gasteiger charge is -2.07. The maximum absolute atomic E-state index is 12.2. The number of thioether (sulfide) groups is 1. The summed E-state index contributed by atoms with van der Waals surface area (Å²) in [6.45, 7) is 2.02. The van der Waals surface area contributed by atoms with E-state index >= 15 is 0 Å². The summed E-state index contributed by atoms with van der Waals surface area (Å²) in [7, 11) is 0. The molecule has 2 N–H and O–H groups in total. The number of carbonyl (C=O) groups is 1. The number of para-hydroxylation sites is 2. The Balaban J connectivity index is 1.59. The number of aromatic amines is 1. The molecule has 0 radical (unpaired) electrons. The van der Waals surface area contributed by atoms with Gasteiger partial charge in [0.1, 0.15) is 0 Å². The lowest BCUT2D eigenvalue weighted by molar-refractivity contribution is -0.113. The first-order valence-corrected chi connectivity index (χ1v) is 8.44. The minimum Gasteiger partial charge on any atom is -0.361 e. The molecule has 2 aromatic carbocycles. The van der Waals surface area contributed by atoms with Crippen LogP contribution in [0.4, 0.5) is 5.69 Å². The van der Waals surface area contributed by atoms with Crippen LogP contribution < -0.4 is 5.32 Å². The van der Waals surface area contributed by atoms with Crippen LogP contribution in [0, 0.1) is 6.92 Å². The maximum Gasteiger partial charge on any atom is 0.286 e. The number of aromatic nitrogens is 1. The third kappa shape index (κ3) is 2.74. The molecule has 0 atom stereocenters. The van der Waals surface area contributed by atoms with E-state index in [9.17, 15) is 4.79 Å². The molecular formula is C19H15N3OS. The fourth-order valence-corrected chi connectivity index (χ4v) is 3.46. The molecule has 0 saturated heterocycles. The van der Waals surface area contributed by atoms with Crippen LogP contribution in [0.1, 0.15) is 11.1 Å². The molecule has 0 unspecified atom stereocenters. The van der Waals surface area contributed by atoms with E-state index in [0.29, 0.717) is 10.1 Å². The van der Waals surface area contributed by atoms with Gasteiger partial charge in [0, 0.05) is 28.4 Å². The van der Waals surface area contributed by atoms with Gasteiger partial charge in [-0.2, -0.15) is 4.99 Å². The zero-order valence-corrected chi connectivity index (χ0v) is 13.9. The monoisotopic (exact) mass is 333 g/mol. The zero-order valence-electron chi connectivity index (χ0n) is 13.0. The van der Waals surface area contributed by atoms with Crippen LogP contribution in [0.2, 0.25) is 0 Å². The standard InChI is InChI=1S/C19H15N3OS/c1-12-6-2-4-8-15(12)21-19-22-18(23)17(24-19)10-13-11-20-16-9-5-3-7-14(13)16/h2-11,20H,1H3,(H,21,22,23)/b17-10-. The molecule has 1 amide bonds. The molecule has 1 aliphatic rings. The highest BCUT2D eigenvalue weighted by atomic mass is 32.2.